The van der Waals surface area contributed by atoms with Gasteiger partial charge in [0.1, 0.15) is 6.04 Å². The molecule has 0 aliphatic rings. The number of nitrogens with two attached hydrogens (primary N) is 1. The van der Waals surface area contributed by atoms with Gasteiger partial charge >= 0.3 is 5.97 Å². The van der Waals surface area contributed by atoms with E-state index in [1.165, 1.54) is 0 Å². The third-order valence-corrected chi connectivity index (χ3v) is 1.36. The highest BCUT2D eigenvalue weighted by Crippen LogP contribution is 1.93. The number of hydrogen-bond acceptors (Lipinski definition) is 4. The molecule has 5 nitrogen and oxygen atoms in total. The Kier molecular flexibility index (Phi) is 4.15. The molecule has 5 heteroatoms. The van der Waals surface area contributed by atoms with E-state index < -0.39 is 12.0 Å². The van der Waals surface area contributed by atoms with E-state index in [-0.39, 0.29) is 18.7 Å². The van der Waals surface area contributed by atoms with Crippen LogP contribution >= 0.6 is 0 Å². The molecule has 70 valence electrons. The van der Waals surface area contributed by atoms with Gasteiger partial charge in [-0.2, -0.15) is 0 Å². The zero-order valence-electron chi connectivity index (χ0n) is 8.00. The van der Waals surface area contributed by atoms with Crippen LogP contribution in [-0.4, -0.2) is 29.6 Å². The average Bonchev–Trinajstić information content (AvgIpc) is 2.13. The Balaban J connectivity index is 3.63. The molecule has 0 unspecified atom stereocenters. The van der Waals surface area contributed by atoms with Gasteiger partial charge in [0.2, 0.25) is 5.91 Å². The molecule has 0 bridgehead atoms. The number of amides is 1. The zero-order chi connectivity index (χ0) is 10.3. The van der Waals surface area contributed by atoms with Crippen molar-refractivity contribution in [2.45, 2.75) is 25.8 Å². The van der Waals surface area contributed by atoms with Gasteiger partial charge in [0.25, 0.3) is 1.43 Å². The Bertz CT molecular complexity index is 187. The lowest BCUT2D eigenvalue weighted by atomic mass is 10.1. The molecule has 0 saturated carbocycles. The quantitative estimate of drug-likeness (QED) is 0.516. The number of carbonyl (C=O) groups is 2. The van der Waals surface area contributed by atoms with E-state index in [1.807, 2.05) is 0 Å². The van der Waals surface area contributed by atoms with Gasteiger partial charge in [0.05, 0.1) is 0 Å². The van der Waals surface area contributed by atoms with Crippen LogP contribution in [0.3, 0.4) is 0 Å². The molecule has 0 aliphatic carbocycles. The van der Waals surface area contributed by atoms with Crippen molar-refractivity contribution in [3.63, 3.8) is 0 Å². The van der Waals surface area contributed by atoms with Crippen molar-refractivity contribution in [2.24, 2.45) is 5.73 Å². The monoisotopic (exact) mass is 175 g/mol. The first-order valence-electron chi connectivity index (χ1n) is 4.22. The van der Waals surface area contributed by atoms with Gasteiger partial charge in [-0.25, -0.2) is 0 Å². The number of carbonyl (C=O) groups excluding carboxylic acids is 1. The van der Waals surface area contributed by atoms with Crippen molar-refractivity contribution in [1.82, 2.24) is 5.32 Å². The maximum absolute atomic E-state index is 10.9. The number of carboxylic acids is 1. The van der Waals surface area contributed by atoms with Crippen molar-refractivity contribution in [3.8, 4) is 0 Å². The molecule has 0 rings (SSSR count). The SMILES string of the molecule is [2H]OC(=O)[C@@H](N)CCC(=O)NCC. The zero-order valence-corrected chi connectivity index (χ0v) is 7.00. The molecule has 0 heterocycles. The minimum atomic E-state index is -0.889. The second kappa shape index (κ2) is 5.54. The number of hydrogen-bond donors (Lipinski definition) is 3. The van der Waals surface area contributed by atoms with Crippen molar-refractivity contribution >= 4 is 11.9 Å². The third kappa shape index (κ3) is 4.68. The van der Waals surface area contributed by atoms with Crippen LogP contribution in [0.5, 0.6) is 0 Å². The van der Waals surface area contributed by atoms with Crippen molar-refractivity contribution in [1.29, 1.82) is 1.43 Å². The molecule has 0 aromatic heterocycles. The Morgan fingerprint density at radius 1 is 1.75 bits per heavy atom. The summed E-state index contributed by atoms with van der Waals surface area (Å²) in [4.78, 5) is 21.5. The second-order valence-corrected chi connectivity index (χ2v) is 2.42. The number of nitrogens with one attached hydrogen (secondary N) is 1. The minimum absolute atomic E-state index is 0.157. The summed E-state index contributed by atoms with van der Waals surface area (Å²) in [5.41, 5.74) is 5.30. The normalized spacial score (nSPS) is 13.0. The second-order valence-electron chi connectivity index (χ2n) is 2.42. The van der Waals surface area contributed by atoms with Gasteiger partial charge in [0, 0.05) is 13.0 Å². The molecule has 1 atom stereocenters. The fourth-order valence-corrected chi connectivity index (χ4v) is 0.690. The maximum Gasteiger partial charge on any atom is 0.320 e. The van der Waals surface area contributed by atoms with Crippen LogP contribution in [0.2, 0.25) is 0 Å². The molecule has 1 amide bonds. The first kappa shape index (κ1) is 8.99. The fourth-order valence-electron chi connectivity index (χ4n) is 0.690. The van der Waals surface area contributed by atoms with E-state index in [0.717, 1.165) is 0 Å². The van der Waals surface area contributed by atoms with Gasteiger partial charge < -0.3 is 16.2 Å². The first-order chi connectivity index (χ1) is 6.11. The summed E-state index contributed by atoms with van der Waals surface area (Å²) in [6.45, 7) is 2.35. The lowest BCUT2D eigenvalue weighted by molar-refractivity contribution is -0.138. The molecule has 12 heavy (non-hydrogen) atoms. The van der Waals surface area contributed by atoms with Crippen molar-refractivity contribution in [2.75, 3.05) is 6.54 Å². The van der Waals surface area contributed by atoms with E-state index >= 15 is 0 Å². The lowest BCUT2D eigenvalue weighted by Crippen LogP contribution is -2.32. The van der Waals surface area contributed by atoms with Crippen LogP contribution in [0, 0.1) is 0 Å². The first-order valence-corrected chi connectivity index (χ1v) is 3.81. The lowest BCUT2D eigenvalue weighted by Gasteiger charge is -2.05. The van der Waals surface area contributed by atoms with Crippen molar-refractivity contribution < 1.29 is 14.7 Å². The molecule has 0 fully saturated rings. The minimum Gasteiger partial charge on any atom is -0.480 e. The summed E-state index contributed by atoms with van der Waals surface area (Å²) < 4.78 is 6.28. The molecular weight excluding hydrogens is 160 g/mol. The predicted octanol–water partition coefficient (Wildman–Crippen LogP) is -0.685. The molecule has 0 aromatic rings. The highest BCUT2D eigenvalue weighted by Gasteiger charge is 2.12. The Morgan fingerprint density at radius 2 is 2.42 bits per heavy atom. The van der Waals surface area contributed by atoms with Gasteiger partial charge in [-0.15, -0.1) is 0 Å². The van der Waals surface area contributed by atoms with Gasteiger partial charge in [-0.3, -0.25) is 9.59 Å². The number of aliphatic carboxylic acids is 1. The Hall–Kier alpha value is -1.10. The standard InChI is InChI=1S/C7H14N2O3/c1-2-9-6(10)4-3-5(8)7(11)12/h5H,2-4,8H2,1H3,(H,9,10)(H,11,12)/t5-/m0/s1/i/hD. The van der Waals surface area contributed by atoms with E-state index in [1.54, 1.807) is 6.92 Å². The molecule has 0 aliphatic heterocycles. The van der Waals surface area contributed by atoms with Gasteiger partial charge in [-0.1, -0.05) is 0 Å². The Labute approximate surface area is 72.4 Å². The highest BCUT2D eigenvalue weighted by atomic mass is 16.4. The van der Waals surface area contributed by atoms with Crippen LogP contribution in [0.4, 0.5) is 0 Å². The summed E-state index contributed by atoms with van der Waals surface area (Å²) in [5, 5.41) is 6.22. The largest absolute Gasteiger partial charge is 0.480 e. The number of rotatable bonds is 5. The predicted molar refractivity (Wildman–Crippen MR) is 43.5 cm³/mol. The Morgan fingerprint density at radius 3 is 2.92 bits per heavy atom. The van der Waals surface area contributed by atoms with Crippen molar-refractivity contribution in [3.05, 3.63) is 0 Å². The van der Waals surface area contributed by atoms with Gasteiger partial charge in [0.15, 0.2) is 0 Å². The molecule has 4 N–H and O–H groups in total. The maximum atomic E-state index is 10.9. The number of carboxylic acid groups (broad SMARTS) is 1. The summed E-state index contributed by atoms with van der Waals surface area (Å²) in [6, 6.07) is -0.889. The van der Waals surface area contributed by atoms with E-state index in [4.69, 9.17) is 7.16 Å². The van der Waals surface area contributed by atoms with Crippen LogP contribution in [-0.2, 0) is 9.59 Å². The van der Waals surface area contributed by atoms with E-state index in [9.17, 15) is 9.59 Å². The van der Waals surface area contributed by atoms with Crippen LogP contribution in [0.15, 0.2) is 0 Å². The molecular formula is C7H14N2O3. The molecule has 0 radical (unpaired) electrons. The summed E-state index contributed by atoms with van der Waals surface area (Å²) in [7, 11) is 0. The topological polar surface area (TPSA) is 92.4 Å². The smallest absolute Gasteiger partial charge is 0.320 e. The van der Waals surface area contributed by atoms with Crippen LogP contribution < -0.4 is 11.1 Å². The summed E-state index contributed by atoms with van der Waals surface area (Å²) >= 11 is 0. The molecule has 0 aromatic carbocycles. The molecule has 0 saturated heterocycles. The third-order valence-electron chi connectivity index (χ3n) is 1.36. The summed E-state index contributed by atoms with van der Waals surface area (Å²) in [6.07, 6.45) is 0.369. The van der Waals surface area contributed by atoms with E-state index in [2.05, 4.69) is 10.4 Å². The highest BCUT2D eigenvalue weighted by molar-refractivity contribution is 5.78. The molecule has 0 spiro atoms. The summed E-state index contributed by atoms with van der Waals surface area (Å²) in [5.74, 6) is -0.972. The van der Waals surface area contributed by atoms with Crippen LogP contribution in [0.1, 0.15) is 19.8 Å². The fraction of sp³-hybridized carbons (Fsp3) is 0.714. The van der Waals surface area contributed by atoms with Crippen LogP contribution in [0.25, 0.3) is 1.43 Å². The van der Waals surface area contributed by atoms with E-state index in [0.29, 0.717) is 6.54 Å². The average molecular weight is 175 g/mol. The van der Waals surface area contributed by atoms with Gasteiger partial charge in [-0.05, 0) is 13.3 Å².